The predicted octanol–water partition coefficient (Wildman–Crippen LogP) is 6.11. The zero-order valence-electron chi connectivity index (χ0n) is 17.7. The molecule has 4 heteroatoms. The summed E-state index contributed by atoms with van der Waals surface area (Å²) >= 11 is 0. The number of allylic oxidation sites excluding steroid dienone is 8. The number of Topliss-reactive ketones (excluding diaryl/α,β-unsaturated/α-hetero) is 1. The molecule has 0 bridgehead atoms. The van der Waals surface area contributed by atoms with Gasteiger partial charge in [-0.2, -0.15) is 0 Å². The van der Waals surface area contributed by atoms with E-state index in [0.717, 1.165) is 40.7 Å². The van der Waals surface area contributed by atoms with Crippen LogP contribution in [0.2, 0.25) is 0 Å². The molecule has 1 fully saturated rings. The number of nitrogens with two attached hydrogens (primary N) is 1. The Morgan fingerprint density at radius 2 is 1.79 bits per heavy atom. The molecular formula is C25H30FNO2. The number of aliphatic hydroxyl groups is 1. The van der Waals surface area contributed by atoms with Crippen molar-refractivity contribution in [2.45, 2.75) is 47.1 Å². The molecule has 0 radical (unpaired) electrons. The fourth-order valence-electron chi connectivity index (χ4n) is 3.36. The Morgan fingerprint density at radius 3 is 2.21 bits per heavy atom. The number of halogens is 1. The van der Waals surface area contributed by atoms with Crippen LogP contribution in [-0.2, 0) is 11.3 Å². The van der Waals surface area contributed by atoms with Crippen molar-refractivity contribution in [3.05, 3.63) is 88.0 Å². The predicted molar refractivity (Wildman–Crippen MR) is 118 cm³/mol. The van der Waals surface area contributed by atoms with Gasteiger partial charge in [0.1, 0.15) is 11.6 Å². The Bertz CT molecular complexity index is 910. The van der Waals surface area contributed by atoms with Crippen molar-refractivity contribution >= 4 is 11.4 Å². The van der Waals surface area contributed by atoms with E-state index in [0.29, 0.717) is 18.0 Å². The van der Waals surface area contributed by atoms with Gasteiger partial charge in [-0.3, -0.25) is 4.79 Å². The lowest BCUT2D eigenvalue weighted by atomic mass is 9.89. The molecule has 3 N–H and O–H groups in total. The number of aliphatic hydroxyl groups excluding tert-OH is 1. The van der Waals surface area contributed by atoms with Crippen LogP contribution in [0.25, 0.3) is 5.57 Å². The van der Waals surface area contributed by atoms with Crippen LogP contribution in [0.4, 0.5) is 4.39 Å². The number of hydrogen-bond donors (Lipinski definition) is 2. The van der Waals surface area contributed by atoms with Crippen LogP contribution in [0.15, 0.2) is 76.9 Å². The number of rotatable bonds is 8. The highest BCUT2D eigenvalue weighted by Crippen LogP contribution is 2.42. The maximum Gasteiger partial charge on any atom is 0.163 e. The molecule has 1 aromatic rings. The first kappa shape index (κ1) is 22.6. The Hall–Kier alpha value is -2.72. The number of carbonyl (C=O) groups is 1. The van der Waals surface area contributed by atoms with Crippen molar-refractivity contribution in [1.29, 1.82) is 0 Å². The second-order valence-corrected chi connectivity index (χ2v) is 7.45. The molecule has 3 nitrogen and oxygen atoms in total. The third-order valence-corrected chi connectivity index (χ3v) is 5.35. The summed E-state index contributed by atoms with van der Waals surface area (Å²) in [6.45, 7) is 10.8. The Morgan fingerprint density at radius 1 is 1.21 bits per heavy atom. The molecule has 0 aliphatic heterocycles. The van der Waals surface area contributed by atoms with Gasteiger partial charge in [-0.1, -0.05) is 36.9 Å². The Balaban J connectivity index is 2.70. The second-order valence-electron chi connectivity index (χ2n) is 7.45. The largest absolute Gasteiger partial charge is 0.508 e. The zero-order valence-corrected chi connectivity index (χ0v) is 17.7. The summed E-state index contributed by atoms with van der Waals surface area (Å²) in [5, 5.41) is 9.82. The first-order valence-electron chi connectivity index (χ1n) is 9.85. The fraction of sp³-hybridized carbons (Fsp3) is 0.320. The first-order valence-corrected chi connectivity index (χ1v) is 9.85. The molecule has 0 unspecified atom stereocenters. The smallest absolute Gasteiger partial charge is 0.163 e. The van der Waals surface area contributed by atoms with E-state index in [-0.39, 0.29) is 22.9 Å². The summed E-state index contributed by atoms with van der Waals surface area (Å²) < 4.78 is 14.9. The van der Waals surface area contributed by atoms with Gasteiger partial charge in [0.2, 0.25) is 0 Å². The maximum atomic E-state index is 14.9. The lowest BCUT2D eigenvalue weighted by Gasteiger charge is -2.16. The summed E-state index contributed by atoms with van der Waals surface area (Å²) in [5.74, 6) is -0.502. The lowest BCUT2D eigenvalue weighted by molar-refractivity contribution is -0.113. The van der Waals surface area contributed by atoms with Crippen LogP contribution in [0.1, 0.15) is 51.7 Å². The van der Waals surface area contributed by atoms with Gasteiger partial charge in [-0.05, 0) is 80.4 Å². The van der Waals surface area contributed by atoms with Crippen molar-refractivity contribution in [3.8, 4) is 0 Å². The third kappa shape index (κ3) is 5.42. The molecule has 1 aliphatic carbocycles. The van der Waals surface area contributed by atoms with E-state index in [1.807, 2.05) is 38.1 Å². The molecule has 2 rings (SSSR count). The van der Waals surface area contributed by atoms with Crippen molar-refractivity contribution in [1.82, 2.24) is 0 Å². The van der Waals surface area contributed by atoms with Crippen LogP contribution >= 0.6 is 0 Å². The van der Waals surface area contributed by atoms with Crippen LogP contribution in [-0.4, -0.2) is 10.9 Å². The minimum absolute atomic E-state index is 0.194. The minimum Gasteiger partial charge on any atom is -0.508 e. The van der Waals surface area contributed by atoms with E-state index >= 15 is 0 Å². The van der Waals surface area contributed by atoms with Gasteiger partial charge in [-0.25, -0.2) is 4.39 Å². The molecule has 29 heavy (non-hydrogen) atoms. The zero-order chi connectivity index (χ0) is 21.7. The molecule has 1 aromatic carbocycles. The van der Waals surface area contributed by atoms with Crippen molar-refractivity contribution in [3.63, 3.8) is 0 Å². The molecular weight excluding hydrogens is 365 g/mol. The molecule has 0 saturated heterocycles. The third-order valence-electron chi connectivity index (χ3n) is 5.35. The highest BCUT2D eigenvalue weighted by atomic mass is 19.1. The van der Waals surface area contributed by atoms with Gasteiger partial charge in [0, 0.05) is 12.1 Å². The summed E-state index contributed by atoms with van der Waals surface area (Å²) in [6, 6.07) is 7.55. The second kappa shape index (κ2) is 9.66. The average molecular weight is 396 g/mol. The van der Waals surface area contributed by atoms with E-state index in [1.165, 1.54) is 13.0 Å². The van der Waals surface area contributed by atoms with Crippen molar-refractivity contribution in [2.24, 2.45) is 11.7 Å². The Labute approximate surface area is 172 Å². The minimum atomic E-state index is -0.306. The highest BCUT2D eigenvalue weighted by molar-refractivity contribution is 5.97. The summed E-state index contributed by atoms with van der Waals surface area (Å²) in [7, 11) is 0. The molecule has 154 valence electrons. The van der Waals surface area contributed by atoms with Crippen molar-refractivity contribution < 1.29 is 14.3 Å². The van der Waals surface area contributed by atoms with E-state index in [4.69, 9.17) is 5.73 Å². The van der Waals surface area contributed by atoms with E-state index in [1.54, 1.807) is 13.0 Å². The van der Waals surface area contributed by atoms with Gasteiger partial charge in [-0.15, -0.1) is 0 Å². The SMILES string of the molecule is C=C(O)/C(=C/C(=C(C)/C(C)=C(\C(F)=C/C)c1ccc(CN)cc1)C1CC1)C(C)=O. The van der Waals surface area contributed by atoms with Crippen LogP contribution < -0.4 is 5.73 Å². The molecule has 0 spiro atoms. The molecule has 1 saturated carbocycles. The normalized spacial score (nSPS) is 16.9. The topological polar surface area (TPSA) is 63.3 Å². The monoisotopic (exact) mass is 395 g/mol. The molecule has 0 atom stereocenters. The molecule has 0 amide bonds. The van der Waals surface area contributed by atoms with Gasteiger partial charge < -0.3 is 10.8 Å². The number of ketones is 1. The first-order chi connectivity index (χ1) is 13.7. The van der Waals surface area contributed by atoms with Crippen LogP contribution in [0.5, 0.6) is 0 Å². The molecule has 1 aliphatic rings. The maximum absolute atomic E-state index is 14.9. The van der Waals surface area contributed by atoms with Crippen LogP contribution in [0, 0.1) is 5.92 Å². The standard InChI is InChI=1S/C25H30FNO2/c1-6-24(26)25(21-9-7-19(14-27)8-10-21)16(3)15(2)22(20-11-12-20)13-23(17(4)28)18(5)29/h6-10,13,20,28H,4,11-12,14,27H2,1-3,5H3/b22-15-,23-13-,24-6+,25-16-. The van der Waals surface area contributed by atoms with Gasteiger partial charge >= 0.3 is 0 Å². The van der Waals surface area contributed by atoms with E-state index < -0.39 is 0 Å². The average Bonchev–Trinajstić information content (AvgIpc) is 3.53. The highest BCUT2D eigenvalue weighted by Gasteiger charge is 2.28. The quantitative estimate of drug-likeness (QED) is 0.317. The number of hydrogen-bond acceptors (Lipinski definition) is 3. The molecule has 0 heterocycles. The Kier molecular flexibility index (Phi) is 7.52. The van der Waals surface area contributed by atoms with E-state index in [9.17, 15) is 14.3 Å². The van der Waals surface area contributed by atoms with Gasteiger partial charge in [0.15, 0.2) is 5.78 Å². The summed E-state index contributed by atoms with van der Waals surface area (Å²) in [6.07, 6.45) is 5.17. The number of carbonyl (C=O) groups excluding carboxylic acids is 1. The van der Waals surface area contributed by atoms with E-state index in [2.05, 4.69) is 6.58 Å². The summed E-state index contributed by atoms with van der Waals surface area (Å²) in [4.78, 5) is 11.9. The van der Waals surface area contributed by atoms with Gasteiger partial charge in [0.25, 0.3) is 0 Å². The number of benzene rings is 1. The molecule has 0 aromatic heterocycles. The lowest BCUT2D eigenvalue weighted by Crippen LogP contribution is -2.03. The van der Waals surface area contributed by atoms with Crippen molar-refractivity contribution in [2.75, 3.05) is 0 Å². The van der Waals surface area contributed by atoms with Crippen LogP contribution in [0.3, 0.4) is 0 Å². The fourth-order valence-corrected chi connectivity index (χ4v) is 3.36. The van der Waals surface area contributed by atoms with Gasteiger partial charge in [0.05, 0.1) is 5.57 Å². The summed E-state index contributed by atoms with van der Waals surface area (Å²) in [5.41, 5.74) is 10.8.